The van der Waals surface area contributed by atoms with Crippen molar-refractivity contribution in [3.63, 3.8) is 0 Å². The van der Waals surface area contributed by atoms with Crippen LogP contribution < -0.4 is 5.32 Å². The Morgan fingerprint density at radius 2 is 2.06 bits per heavy atom. The summed E-state index contributed by atoms with van der Waals surface area (Å²) in [5.74, 6) is -0.678. The summed E-state index contributed by atoms with van der Waals surface area (Å²) in [7, 11) is 0. The van der Waals surface area contributed by atoms with Crippen LogP contribution in [0, 0.1) is 0 Å². The molecule has 1 amide bonds. The highest BCUT2D eigenvalue weighted by Crippen LogP contribution is 2.45. The topological polar surface area (TPSA) is 119 Å². The highest BCUT2D eigenvalue weighted by Gasteiger charge is 2.41. The molecule has 0 aliphatic heterocycles. The van der Waals surface area contributed by atoms with Crippen LogP contribution in [-0.2, 0) is 12.7 Å². The smallest absolute Gasteiger partial charge is 0.391 e. The van der Waals surface area contributed by atoms with E-state index >= 15 is 0 Å². The molecule has 0 spiro atoms. The second kappa shape index (κ2) is 10.1. The zero-order valence-electron chi connectivity index (χ0n) is 19.0. The highest BCUT2D eigenvalue weighted by molar-refractivity contribution is 6.36. The van der Waals surface area contributed by atoms with Crippen LogP contribution in [-0.4, -0.2) is 48.6 Å². The molecule has 1 atom stereocenters. The number of hydrogen-bond donors (Lipinski definition) is 2. The Balaban J connectivity index is 1.98. The second-order valence-corrected chi connectivity index (χ2v) is 8.17. The maximum atomic E-state index is 14.1. The van der Waals surface area contributed by atoms with Crippen molar-refractivity contribution in [3.05, 3.63) is 59.3 Å². The molecule has 0 fully saturated rings. The van der Waals surface area contributed by atoms with Crippen molar-refractivity contribution in [2.75, 3.05) is 6.54 Å². The molecular formula is C23H20ClF3N6O3. The Bertz CT molecular complexity index is 1390. The molecule has 13 heteroatoms. The van der Waals surface area contributed by atoms with E-state index in [4.69, 9.17) is 16.1 Å². The number of nitrogens with zero attached hydrogens (tertiary/aromatic N) is 5. The monoisotopic (exact) mass is 520 g/mol. The molecule has 3 heterocycles. The third-order valence-electron chi connectivity index (χ3n) is 5.16. The van der Waals surface area contributed by atoms with Crippen molar-refractivity contribution in [1.82, 2.24) is 30.2 Å². The van der Waals surface area contributed by atoms with E-state index in [2.05, 4.69) is 25.5 Å². The average Bonchev–Trinajstić information content (AvgIpc) is 3.43. The second-order valence-electron chi connectivity index (χ2n) is 7.79. The van der Waals surface area contributed by atoms with E-state index in [1.54, 1.807) is 19.1 Å². The van der Waals surface area contributed by atoms with E-state index in [1.165, 1.54) is 31.6 Å². The van der Waals surface area contributed by atoms with Gasteiger partial charge in [0.25, 0.3) is 5.91 Å². The number of amides is 1. The van der Waals surface area contributed by atoms with Gasteiger partial charge in [0.2, 0.25) is 0 Å². The standard InChI is InChI=1S/C23H20ClF3N6O3/c1-3-29-22(35)14-6-4-5-13(18(14)24)19-17(16-7-8-28-11-30-16)20(36-32-19)15-9-31-33(10-12(2)34)21(15)23(25,26)27/h4-9,11-12,34H,3,10H2,1-2H3,(H,29,35). The zero-order valence-corrected chi connectivity index (χ0v) is 19.8. The van der Waals surface area contributed by atoms with Gasteiger partial charge in [0.05, 0.1) is 46.3 Å². The maximum absolute atomic E-state index is 14.1. The number of carbonyl (C=O) groups is 1. The van der Waals surface area contributed by atoms with E-state index in [0.29, 0.717) is 11.2 Å². The summed E-state index contributed by atoms with van der Waals surface area (Å²) in [5.41, 5.74) is -0.697. The Morgan fingerprint density at radius 1 is 1.28 bits per heavy atom. The van der Waals surface area contributed by atoms with E-state index < -0.39 is 29.4 Å². The van der Waals surface area contributed by atoms with Gasteiger partial charge < -0.3 is 14.9 Å². The first kappa shape index (κ1) is 25.3. The van der Waals surface area contributed by atoms with Gasteiger partial charge in [0.15, 0.2) is 11.5 Å². The minimum Gasteiger partial charge on any atom is -0.391 e. The molecule has 1 aromatic carbocycles. The summed E-state index contributed by atoms with van der Waals surface area (Å²) in [6.45, 7) is 3.09. The third-order valence-corrected chi connectivity index (χ3v) is 5.56. The highest BCUT2D eigenvalue weighted by atomic mass is 35.5. The minimum atomic E-state index is -4.83. The largest absolute Gasteiger partial charge is 0.433 e. The average molecular weight is 521 g/mol. The first-order valence-electron chi connectivity index (χ1n) is 10.8. The van der Waals surface area contributed by atoms with Crippen molar-refractivity contribution in [1.29, 1.82) is 0 Å². The van der Waals surface area contributed by atoms with Gasteiger partial charge in [-0.1, -0.05) is 28.9 Å². The number of alkyl halides is 3. The van der Waals surface area contributed by atoms with Crippen molar-refractivity contribution in [3.8, 4) is 33.8 Å². The molecule has 188 valence electrons. The van der Waals surface area contributed by atoms with Gasteiger partial charge in [-0.2, -0.15) is 18.3 Å². The predicted octanol–water partition coefficient (Wildman–Crippen LogP) is 4.46. The normalized spacial score (nSPS) is 12.5. The maximum Gasteiger partial charge on any atom is 0.433 e. The number of halogens is 4. The summed E-state index contributed by atoms with van der Waals surface area (Å²) in [6.07, 6.45) is -2.28. The molecule has 0 radical (unpaired) electrons. The fraction of sp³-hybridized carbons (Fsp3) is 0.261. The van der Waals surface area contributed by atoms with Crippen LogP contribution in [0.25, 0.3) is 33.8 Å². The molecule has 4 aromatic rings. The SMILES string of the molecule is CCNC(=O)c1cccc(-c2noc(-c3cnn(CC(C)O)c3C(F)(F)F)c2-c2ccncn2)c1Cl. The number of aliphatic hydroxyl groups is 1. The summed E-state index contributed by atoms with van der Waals surface area (Å²) in [4.78, 5) is 20.5. The number of aromatic nitrogens is 5. The van der Waals surface area contributed by atoms with E-state index in [-0.39, 0.29) is 45.4 Å². The summed E-state index contributed by atoms with van der Waals surface area (Å²) >= 11 is 6.55. The molecule has 0 aliphatic carbocycles. The number of nitrogens with one attached hydrogen (secondary N) is 1. The van der Waals surface area contributed by atoms with E-state index in [9.17, 15) is 23.1 Å². The number of benzene rings is 1. The van der Waals surface area contributed by atoms with Crippen LogP contribution in [0.3, 0.4) is 0 Å². The van der Waals surface area contributed by atoms with E-state index in [1.807, 2.05) is 0 Å². The van der Waals surface area contributed by atoms with Crippen LogP contribution in [0.5, 0.6) is 0 Å². The lowest BCUT2D eigenvalue weighted by molar-refractivity contribution is -0.144. The first-order chi connectivity index (χ1) is 17.1. The van der Waals surface area contributed by atoms with Gasteiger partial charge in [-0.15, -0.1) is 0 Å². The van der Waals surface area contributed by atoms with Crippen molar-refractivity contribution >= 4 is 17.5 Å². The van der Waals surface area contributed by atoms with Crippen LogP contribution >= 0.6 is 11.6 Å². The first-order valence-corrected chi connectivity index (χ1v) is 11.2. The molecule has 0 bridgehead atoms. The molecule has 9 nitrogen and oxygen atoms in total. The molecular weight excluding hydrogens is 501 g/mol. The summed E-state index contributed by atoms with van der Waals surface area (Å²) < 4.78 is 48.5. The Kier molecular flexibility index (Phi) is 7.09. The molecule has 36 heavy (non-hydrogen) atoms. The van der Waals surface area contributed by atoms with Crippen LogP contribution in [0.1, 0.15) is 29.9 Å². The lowest BCUT2D eigenvalue weighted by Crippen LogP contribution is -2.23. The molecule has 3 aromatic heterocycles. The Labute approximate surface area is 207 Å². The van der Waals surface area contributed by atoms with Crippen molar-refractivity contribution < 1.29 is 27.6 Å². The van der Waals surface area contributed by atoms with Crippen LogP contribution in [0.15, 0.2) is 47.5 Å². The molecule has 2 N–H and O–H groups in total. The number of hydrogen-bond acceptors (Lipinski definition) is 7. The number of rotatable bonds is 7. The van der Waals surface area contributed by atoms with Gasteiger partial charge in [-0.05, 0) is 26.0 Å². The van der Waals surface area contributed by atoms with Gasteiger partial charge >= 0.3 is 6.18 Å². The molecule has 0 saturated heterocycles. The Hall–Kier alpha value is -3.77. The molecule has 0 saturated carbocycles. The Morgan fingerprint density at radius 3 is 2.69 bits per heavy atom. The van der Waals surface area contributed by atoms with Gasteiger partial charge in [0.1, 0.15) is 12.0 Å². The van der Waals surface area contributed by atoms with Crippen LogP contribution in [0.2, 0.25) is 5.02 Å². The fourth-order valence-electron chi connectivity index (χ4n) is 3.72. The number of aliphatic hydroxyl groups excluding tert-OH is 1. The van der Waals surface area contributed by atoms with Gasteiger partial charge in [0, 0.05) is 18.3 Å². The molecule has 0 aliphatic rings. The molecule has 1 unspecified atom stereocenters. The summed E-state index contributed by atoms with van der Waals surface area (Å²) in [6, 6.07) is 6.14. The zero-order chi connectivity index (χ0) is 26.0. The minimum absolute atomic E-state index is 0.0412. The van der Waals surface area contributed by atoms with E-state index in [0.717, 1.165) is 6.20 Å². The lowest BCUT2D eigenvalue weighted by Gasteiger charge is -2.13. The summed E-state index contributed by atoms with van der Waals surface area (Å²) in [5, 5.41) is 20.2. The lowest BCUT2D eigenvalue weighted by atomic mass is 9.98. The van der Waals surface area contributed by atoms with Crippen LogP contribution in [0.4, 0.5) is 13.2 Å². The number of carbonyl (C=O) groups excluding carboxylic acids is 1. The van der Waals surface area contributed by atoms with Gasteiger partial charge in [-0.25, -0.2) is 9.97 Å². The van der Waals surface area contributed by atoms with Crippen molar-refractivity contribution in [2.24, 2.45) is 0 Å². The fourth-order valence-corrected chi connectivity index (χ4v) is 4.02. The van der Waals surface area contributed by atoms with Gasteiger partial charge in [-0.3, -0.25) is 9.48 Å². The quantitative estimate of drug-likeness (QED) is 0.369. The van der Waals surface area contributed by atoms with Crippen molar-refractivity contribution in [2.45, 2.75) is 32.7 Å². The third kappa shape index (κ3) is 4.82. The predicted molar refractivity (Wildman–Crippen MR) is 124 cm³/mol. The molecule has 4 rings (SSSR count).